The Morgan fingerprint density at radius 3 is 2.57 bits per heavy atom. The lowest BCUT2D eigenvalue weighted by Crippen LogP contribution is -2.39. The molecule has 1 heterocycles. The zero-order valence-corrected chi connectivity index (χ0v) is 15.2. The molecule has 1 atom stereocenters. The highest BCUT2D eigenvalue weighted by atomic mass is 15.3. The fourth-order valence-corrected chi connectivity index (χ4v) is 4.24. The lowest BCUT2D eigenvalue weighted by atomic mass is 9.82. The van der Waals surface area contributed by atoms with Gasteiger partial charge in [0.1, 0.15) is 0 Å². The van der Waals surface area contributed by atoms with Crippen molar-refractivity contribution in [2.24, 2.45) is 7.05 Å². The van der Waals surface area contributed by atoms with Crippen molar-refractivity contribution in [3.63, 3.8) is 0 Å². The van der Waals surface area contributed by atoms with Crippen LogP contribution < -0.4 is 0 Å². The van der Waals surface area contributed by atoms with Crippen LogP contribution in [0.5, 0.6) is 0 Å². The van der Waals surface area contributed by atoms with Gasteiger partial charge in [-0.3, -0.25) is 4.68 Å². The standard InChI is InChI=1S/C20H29N3/c1-6-23(7-2)17-11-12-18-16(13-17)9-8-10-19(18)20-14(3)21-22(5)15(20)4/h8-10,17H,6-7,11-13H2,1-5H3. The van der Waals surface area contributed by atoms with E-state index in [1.807, 2.05) is 11.7 Å². The Labute approximate surface area is 140 Å². The van der Waals surface area contributed by atoms with Crippen LogP contribution in [-0.2, 0) is 19.9 Å². The van der Waals surface area contributed by atoms with Crippen LogP contribution in [0.25, 0.3) is 11.1 Å². The zero-order chi connectivity index (χ0) is 16.6. The first-order valence-corrected chi connectivity index (χ1v) is 8.92. The summed E-state index contributed by atoms with van der Waals surface area (Å²) in [5.74, 6) is 0. The van der Waals surface area contributed by atoms with Crippen LogP contribution in [-0.4, -0.2) is 33.8 Å². The second-order valence-electron chi connectivity index (χ2n) is 6.73. The molecule has 0 bridgehead atoms. The number of hydrogen-bond donors (Lipinski definition) is 0. The first-order valence-electron chi connectivity index (χ1n) is 8.92. The Balaban J connectivity index is 2.00. The van der Waals surface area contributed by atoms with Crippen molar-refractivity contribution >= 4 is 0 Å². The maximum Gasteiger partial charge on any atom is 0.0674 e. The van der Waals surface area contributed by atoms with Gasteiger partial charge in [-0.25, -0.2) is 0 Å². The van der Waals surface area contributed by atoms with Crippen molar-refractivity contribution in [1.29, 1.82) is 0 Å². The van der Waals surface area contributed by atoms with E-state index in [1.165, 1.54) is 41.6 Å². The van der Waals surface area contributed by atoms with Crippen LogP contribution in [0.2, 0.25) is 0 Å². The minimum absolute atomic E-state index is 0.698. The fraction of sp³-hybridized carbons (Fsp3) is 0.550. The molecule has 3 nitrogen and oxygen atoms in total. The van der Waals surface area contributed by atoms with E-state index >= 15 is 0 Å². The van der Waals surface area contributed by atoms with Crippen molar-refractivity contribution in [3.8, 4) is 11.1 Å². The van der Waals surface area contributed by atoms with Gasteiger partial charge in [-0.1, -0.05) is 32.0 Å². The monoisotopic (exact) mass is 311 g/mol. The molecule has 1 unspecified atom stereocenters. The molecule has 1 aromatic heterocycles. The van der Waals surface area contributed by atoms with Crippen molar-refractivity contribution in [2.75, 3.05) is 13.1 Å². The normalized spacial score (nSPS) is 17.6. The number of hydrogen-bond acceptors (Lipinski definition) is 2. The third kappa shape index (κ3) is 2.83. The molecule has 0 N–H and O–H groups in total. The lowest BCUT2D eigenvalue weighted by Gasteiger charge is -2.34. The summed E-state index contributed by atoms with van der Waals surface area (Å²) < 4.78 is 2.01. The van der Waals surface area contributed by atoms with Crippen LogP contribution in [0.1, 0.15) is 42.8 Å². The van der Waals surface area contributed by atoms with Crippen LogP contribution in [0, 0.1) is 13.8 Å². The number of aryl methyl sites for hydroxylation is 2. The quantitative estimate of drug-likeness (QED) is 0.854. The lowest BCUT2D eigenvalue weighted by molar-refractivity contribution is 0.199. The SMILES string of the molecule is CCN(CC)C1CCc2c(cccc2-c2c(C)nn(C)c2C)C1. The third-order valence-electron chi connectivity index (χ3n) is 5.56. The summed E-state index contributed by atoms with van der Waals surface area (Å²) in [7, 11) is 2.04. The predicted molar refractivity (Wildman–Crippen MR) is 96.9 cm³/mol. The minimum atomic E-state index is 0.698. The summed E-state index contributed by atoms with van der Waals surface area (Å²) in [4.78, 5) is 2.61. The maximum atomic E-state index is 4.61. The van der Waals surface area contributed by atoms with Crippen molar-refractivity contribution < 1.29 is 0 Å². The number of nitrogens with zero attached hydrogens (tertiary/aromatic N) is 3. The Morgan fingerprint density at radius 2 is 1.96 bits per heavy atom. The molecule has 2 aromatic rings. The first-order chi connectivity index (χ1) is 11.1. The summed E-state index contributed by atoms with van der Waals surface area (Å²) in [5, 5.41) is 4.61. The Bertz CT molecular complexity index is 695. The summed E-state index contributed by atoms with van der Waals surface area (Å²) in [5.41, 5.74) is 8.24. The van der Waals surface area contributed by atoms with Crippen LogP contribution >= 0.6 is 0 Å². The number of fused-ring (bicyclic) bond motifs is 1. The molecule has 23 heavy (non-hydrogen) atoms. The van der Waals surface area contributed by atoms with Gasteiger partial charge in [0.15, 0.2) is 0 Å². The van der Waals surface area contributed by atoms with E-state index in [0.717, 1.165) is 18.8 Å². The van der Waals surface area contributed by atoms with Gasteiger partial charge in [0.05, 0.1) is 5.69 Å². The summed E-state index contributed by atoms with van der Waals surface area (Å²) in [6.45, 7) is 11.2. The topological polar surface area (TPSA) is 21.1 Å². The number of rotatable bonds is 4. The van der Waals surface area contributed by atoms with Crippen LogP contribution in [0.15, 0.2) is 18.2 Å². The van der Waals surface area contributed by atoms with E-state index in [2.05, 4.69) is 55.9 Å². The van der Waals surface area contributed by atoms with Gasteiger partial charge in [0.25, 0.3) is 0 Å². The largest absolute Gasteiger partial charge is 0.301 e. The molecule has 3 heteroatoms. The third-order valence-corrected chi connectivity index (χ3v) is 5.56. The molecule has 1 aromatic carbocycles. The summed E-state index contributed by atoms with van der Waals surface area (Å²) in [6, 6.07) is 7.54. The van der Waals surface area contributed by atoms with E-state index in [0.29, 0.717) is 6.04 Å². The minimum Gasteiger partial charge on any atom is -0.301 e. The molecule has 0 spiro atoms. The molecular weight excluding hydrogens is 282 g/mol. The van der Waals surface area contributed by atoms with Gasteiger partial charge < -0.3 is 4.90 Å². The molecule has 124 valence electrons. The summed E-state index contributed by atoms with van der Waals surface area (Å²) >= 11 is 0. The predicted octanol–water partition coefficient (Wildman–Crippen LogP) is 3.90. The van der Waals surface area contributed by atoms with Gasteiger partial charge in [0, 0.05) is 24.3 Å². The average molecular weight is 311 g/mol. The molecule has 0 saturated carbocycles. The average Bonchev–Trinajstić information content (AvgIpc) is 2.80. The van der Waals surface area contributed by atoms with E-state index in [-0.39, 0.29) is 0 Å². The molecule has 3 rings (SSSR count). The molecular formula is C20H29N3. The van der Waals surface area contributed by atoms with E-state index in [4.69, 9.17) is 0 Å². The first kappa shape index (κ1) is 16.3. The molecule has 1 aliphatic rings. The molecule has 0 saturated heterocycles. The highest BCUT2D eigenvalue weighted by Gasteiger charge is 2.25. The summed E-state index contributed by atoms with van der Waals surface area (Å²) in [6.07, 6.45) is 3.63. The maximum absolute atomic E-state index is 4.61. The molecule has 0 amide bonds. The number of aromatic nitrogens is 2. The van der Waals surface area contributed by atoms with Crippen LogP contribution in [0.3, 0.4) is 0 Å². The van der Waals surface area contributed by atoms with Gasteiger partial charge >= 0.3 is 0 Å². The fourth-order valence-electron chi connectivity index (χ4n) is 4.24. The highest BCUT2D eigenvalue weighted by molar-refractivity contribution is 5.73. The molecule has 1 aliphatic carbocycles. The van der Waals surface area contributed by atoms with Gasteiger partial charge in [0.2, 0.25) is 0 Å². The van der Waals surface area contributed by atoms with E-state index < -0.39 is 0 Å². The molecule has 0 radical (unpaired) electrons. The molecule has 0 fully saturated rings. The second-order valence-corrected chi connectivity index (χ2v) is 6.73. The van der Waals surface area contributed by atoms with Gasteiger partial charge in [-0.05, 0) is 62.9 Å². The zero-order valence-electron chi connectivity index (χ0n) is 15.2. The smallest absolute Gasteiger partial charge is 0.0674 e. The Hall–Kier alpha value is -1.61. The van der Waals surface area contributed by atoms with Crippen molar-refractivity contribution in [1.82, 2.24) is 14.7 Å². The van der Waals surface area contributed by atoms with Crippen molar-refractivity contribution in [2.45, 2.75) is 53.0 Å². The Kier molecular flexibility index (Phi) is 4.58. The highest BCUT2D eigenvalue weighted by Crippen LogP contribution is 2.35. The van der Waals surface area contributed by atoms with Gasteiger partial charge in [-0.2, -0.15) is 5.10 Å². The van der Waals surface area contributed by atoms with Gasteiger partial charge in [-0.15, -0.1) is 0 Å². The number of benzene rings is 1. The van der Waals surface area contributed by atoms with E-state index in [9.17, 15) is 0 Å². The molecule has 0 aliphatic heterocycles. The van der Waals surface area contributed by atoms with Crippen molar-refractivity contribution in [3.05, 3.63) is 40.7 Å². The Morgan fingerprint density at radius 1 is 1.22 bits per heavy atom. The number of likely N-dealkylation sites (N-methyl/N-ethyl adjacent to an activating group) is 1. The van der Waals surface area contributed by atoms with Crippen LogP contribution in [0.4, 0.5) is 0 Å². The second kappa shape index (κ2) is 6.48. The van der Waals surface area contributed by atoms with E-state index in [1.54, 1.807) is 5.56 Å².